The number of nitrogens with one attached hydrogen (secondary N) is 1. The summed E-state index contributed by atoms with van der Waals surface area (Å²) in [6, 6.07) is 6.10. The highest BCUT2D eigenvalue weighted by Crippen LogP contribution is 2.22. The Morgan fingerprint density at radius 3 is 2.68 bits per heavy atom. The topological polar surface area (TPSA) is 123 Å². The molecule has 0 aliphatic carbocycles. The number of rotatable bonds is 12. The number of sulfone groups is 1. The molecule has 13 heteroatoms. The van der Waals surface area contributed by atoms with Crippen LogP contribution in [0.25, 0.3) is 0 Å². The summed E-state index contributed by atoms with van der Waals surface area (Å²) in [5.41, 5.74) is 0.475. The molecule has 1 aromatic heterocycles. The van der Waals surface area contributed by atoms with Crippen molar-refractivity contribution in [3.63, 3.8) is 0 Å². The maximum absolute atomic E-state index is 13.3. The molecule has 11 nitrogen and oxygen atoms in total. The molecule has 2 fully saturated rings. The number of benzene rings is 1. The van der Waals surface area contributed by atoms with Gasteiger partial charge in [0.2, 0.25) is 0 Å². The Kier molecular flexibility index (Phi) is 10.2. The van der Waals surface area contributed by atoms with Crippen molar-refractivity contribution < 1.29 is 27.5 Å². The van der Waals surface area contributed by atoms with Gasteiger partial charge in [0.05, 0.1) is 23.9 Å². The fraction of sp³-hybridized carbons (Fsp3) is 0.560. The van der Waals surface area contributed by atoms with Gasteiger partial charge in [-0.25, -0.2) is 13.4 Å². The molecule has 38 heavy (non-hydrogen) atoms. The molecule has 0 bridgehead atoms. The van der Waals surface area contributed by atoms with Crippen molar-refractivity contribution in [2.45, 2.75) is 30.4 Å². The van der Waals surface area contributed by atoms with Crippen molar-refractivity contribution >= 4 is 37.9 Å². The van der Waals surface area contributed by atoms with Gasteiger partial charge in [0.1, 0.15) is 0 Å². The Labute approximate surface area is 227 Å². The van der Waals surface area contributed by atoms with E-state index in [9.17, 15) is 13.2 Å². The number of amides is 1. The zero-order valence-corrected chi connectivity index (χ0v) is 23.4. The second kappa shape index (κ2) is 13.6. The molecular formula is C25H35N5O6S2. The number of ether oxygens (including phenoxy) is 2. The van der Waals surface area contributed by atoms with E-state index >= 15 is 0 Å². The van der Waals surface area contributed by atoms with Crippen LogP contribution in [0.5, 0.6) is 0 Å². The maximum atomic E-state index is 13.3. The van der Waals surface area contributed by atoms with Crippen LogP contribution in [0, 0.1) is 0 Å². The van der Waals surface area contributed by atoms with Crippen LogP contribution in [-0.4, -0.2) is 107 Å². The second-order valence-electron chi connectivity index (χ2n) is 9.39. The van der Waals surface area contributed by atoms with E-state index in [-0.39, 0.29) is 22.5 Å². The first kappa shape index (κ1) is 28.6. The van der Waals surface area contributed by atoms with E-state index in [4.69, 9.17) is 14.3 Å². The molecule has 4 rings (SSSR count). The van der Waals surface area contributed by atoms with E-state index in [2.05, 4.69) is 32.3 Å². The number of piperazine rings is 1. The van der Waals surface area contributed by atoms with Crippen molar-refractivity contribution in [2.24, 2.45) is 5.16 Å². The van der Waals surface area contributed by atoms with Crippen molar-refractivity contribution in [3.05, 3.63) is 40.9 Å². The van der Waals surface area contributed by atoms with Crippen molar-refractivity contribution in [1.29, 1.82) is 0 Å². The molecule has 0 radical (unpaired) electrons. The minimum absolute atomic E-state index is 0.0209. The highest BCUT2D eigenvalue weighted by molar-refractivity contribution is 7.91. The first-order valence-electron chi connectivity index (χ1n) is 12.6. The van der Waals surface area contributed by atoms with E-state index in [0.717, 1.165) is 37.6 Å². The molecule has 0 unspecified atom stereocenters. The molecular weight excluding hydrogens is 530 g/mol. The average Bonchev–Trinajstić information content (AvgIpc) is 3.58. The van der Waals surface area contributed by atoms with Crippen LogP contribution in [-0.2, 0) is 35.5 Å². The van der Waals surface area contributed by atoms with Crippen LogP contribution < -0.4 is 5.32 Å². The molecule has 2 saturated heterocycles. The van der Waals surface area contributed by atoms with Gasteiger partial charge in [-0.15, -0.1) is 11.3 Å². The zero-order chi connectivity index (χ0) is 27.0. The summed E-state index contributed by atoms with van der Waals surface area (Å²) in [6.07, 6.45) is 2.62. The summed E-state index contributed by atoms with van der Waals surface area (Å²) < 4.78 is 35.5. The molecule has 0 saturated carbocycles. The maximum Gasteiger partial charge on any atom is 0.280 e. The summed E-state index contributed by atoms with van der Waals surface area (Å²) in [5.74, 6) is -0.507. The van der Waals surface area contributed by atoms with E-state index in [1.54, 1.807) is 18.3 Å². The molecule has 3 heterocycles. The zero-order valence-electron chi connectivity index (χ0n) is 21.8. The molecule has 2 aliphatic heterocycles. The van der Waals surface area contributed by atoms with Crippen LogP contribution in [0.15, 0.2) is 40.5 Å². The lowest BCUT2D eigenvalue weighted by atomic mass is 10.1. The van der Waals surface area contributed by atoms with Gasteiger partial charge >= 0.3 is 0 Å². The van der Waals surface area contributed by atoms with Gasteiger partial charge < -0.3 is 19.2 Å². The SMILES string of the molecule is COCCCS(=O)(=O)c1ccc(C(=NO[C@@H]2CCOC2)C(=O)Nc2ncc(CN3CCN(C)CC3)s2)cc1. The molecule has 2 aliphatic rings. The second-order valence-corrected chi connectivity index (χ2v) is 12.6. The van der Waals surface area contributed by atoms with Crippen LogP contribution in [0.4, 0.5) is 5.13 Å². The lowest BCUT2D eigenvalue weighted by Crippen LogP contribution is -2.43. The number of hydrogen-bond acceptors (Lipinski definition) is 11. The summed E-state index contributed by atoms with van der Waals surface area (Å²) in [6.45, 7) is 6.17. The standard InChI is InChI=1S/C25H35N5O6S2/c1-29-9-11-30(12-10-29)17-21-16-26-25(37-21)27-24(31)23(28-36-20-8-14-35-18-20)19-4-6-22(7-5-19)38(32,33)15-3-13-34-2/h4-7,16,20H,3,8-15,17-18H2,1-2H3,(H,26,27,31)/t20-/m1/s1. The summed E-state index contributed by atoms with van der Waals surface area (Å²) in [5, 5.41) is 7.45. The molecule has 1 N–H and O–H groups in total. The van der Waals surface area contributed by atoms with Crippen molar-refractivity contribution in [3.8, 4) is 0 Å². The number of carbonyl (C=O) groups excluding carboxylic acids is 1. The molecule has 1 amide bonds. The quantitative estimate of drug-likeness (QED) is 0.233. The van der Waals surface area contributed by atoms with Crippen molar-refractivity contribution in [2.75, 3.05) is 71.2 Å². The van der Waals surface area contributed by atoms with Crippen molar-refractivity contribution in [1.82, 2.24) is 14.8 Å². The third-order valence-corrected chi connectivity index (χ3v) is 9.11. The molecule has 1 atom stereocenters. The summed E-state index contributed by atoms with van der Waals surface area (Å²) in [4.78, 5) is 29.2. The van der Waals surface area contributed by atoms with Gasteiger partial charge in [-0.3, -0.25) is 15.0 Å². The lowest BCUT2D eigenvalue weighted by molar-refractivity contribution is -0.110. The number of hydrogen-bond donors (Lipinski definition) is 1. The highest BCUT2D eigenvalue weighted by Gasteiger charge is 2.23. The number of thiazole rings is 1. The van der Waals surface area contributed by atoms with Crippen LogP contribution in [0.1, 0.15) is 23.3 Å². The smallest absolute Gasteiger partial charge is 0.280 e. The third-order valence-electron chi connectivity index (χ3n) is 6.39. The van der Waals surface area contributed by atoms with E-state index in [1.165, 1.54) is 30.6 Å². The summed E-state index contributed by atoms with van der Waals surface area (Å²) >= 11 is 1.42. The Hall–Kier alpha value is -2.42. The minimum atomic E-state index is -3.46. The number of methoxy groups -OCH3 is 1. The largest absolute Gasteiger partial charge is 0.389 e. The van der Waals surface area contributed by atoms with Gasteiger partial charge in [-0.1, -0.05) is 17.3 Å². The minimum Gasteiger partial charge on any atom is -0.389 e. The Morgan fingerprint density at radius 1 is 1.24 bits per heavy atom. The number of oxime groups is 1. The lowest BCUT2D eigenvalue weighted by Gasteiger charge is -2.31. The fourth-order valence-corrected chi connectivity index (χ4v) is 6.24. The normalized spacial score (nSPS) is 19.5. The van der Waals surface area contributed by atoms with Gasteiger partial charge in [-0.2, -0.15) is 0 Å². The van der Waals surface area contributed by atoms with Gasteiger partial charge in [0.25, 0.3) is 5.91 Å². The molecule has 1 aromatic carbocycles. The van der Waals surface area contributed by atoms with E-state index in [0.29, 0.717) is 43.4 Å². The predicted octanol–water partition coefficient (Wildman–Crippen LogP) is 1.85. The third kappa shape index (κ3) is 8.04. The summed E-state index contributed by atoms with van der Waals surface area (Å²) in [7, 11) is 0.191. The Morgan fingerprint density at radius 2 is 2.00 bits per heavy atom. The van der Waals surface area contributed by atoms with Crippen LogP contribution >= 0.6 is 11.3 Å². The Bertz CT molecular complexity index is 1190. The molecule has 208 valence electrons. The highest BCUT2D eigenvalue weighted by atomic mass is 32.2. The first-order chi connectivity index (χ1) is 18.3. The first-order valence-corrected chi connectivity index (χ1v) is 15.1. The number of nitrogens with zero attached hydrogens (tertiary/aromatic N) is 4. The monoisotopic (exact) mass is 565 g/mol. The molecule has 2 aromatic rings. The predicted molar refractivity (Wildman–Crippen MR) is 145 cm³/mol. The van der Waals surface area contributed by atoms with E-state index < -0.39 is 15.7 Å². The molecule has 0 spiro atoms. The van der Waals surface area contributed by atoms with Crippen LogP contribution in [0.2, 0.25) is 0 Å². The van der Waals surface area contributed by atoms with E-state index in [1.807, 2.05) is 0 Å². The van der Waals surface area contributed by atoms with Gasteiger partial charge in [-0.05, 0) is 25.6 Å². The van der Waals surface area contributed by atoms with Gasteiger partial charge in [0, 0.05) is 69.5 Å². The number of carbonyl (C=O) groups is 1. The number of likely N-dealkylation sites (N-methyl/N-ethyl adjacent to an activating group) is 1. The van der Waals surface area contributed by atoms with Gasteiger partial charge in [0.15, 0.2) is 26.8 Å². The average molecular weight is 566 g/mol. The number of aromatic nitrogens is 1. The number of anilines is 1. The fourth-order valence-electron chi connectivity index (χ4n) is 4.10. The Balaban J connectivity index is 1.46. The van der Waals surface area contributed by atoms with Crippen LogP contribution in [0.3, 0.4) is 0 Å².